The lowest BCUT2D eigenvalue weighted by Gasteiger charge is -2.19. The minimum absolute atomic E-state index is 0.0579. The number of tetrazole rings is 1. The van der Waals surface area contributed by atoms with Crippen molar-refractivity contribution in [1.29, 1.82) is 0 Å². The van der Waals surface area contributed by atoms with E-state index in [9.17, 15) is 9.59 Å². The molecular formula is C31H34N8O3. The number of imidazole rings is 1. The molecular weight excluding hydrogens is 532 g/mol. The second-order valence-electron chi connectivity index (χ2n) is 12.1. The number of hydrogen-bond donors (Lipinski definition) is 2. The number of carbonyl (C=O) groups excluding carboxylic acids is 1. The first-order valence-corrected chi connectivity index (χ1v) is 14.4. The molecule has 11 heteroatoms. The maximum atomic E-state index is 13.2. The van der Waals surface area contributed by atoms with Crippen molar-refractivity contribution in [2.75, 3.05) is 0 Å². The van der Waals surface area contributed by atoms with Gasteiger partial charge >= 0.3 is 5.97 Å². The van der Waals surface area contributed by atoms with Gasteiger partial charge in [-0.1, -0.05) is 88.6 Å². The van der Waals surface area contributed by atoms with E-state index in [1.54, 1.807) is 0 Å². The Morgan fingerprint density at radius 2 is 1.74 bits per heavy atom. The van der Waals surface area contributed by atoms with Gasteiger partial charge in [-0.2, -0.15) is 5.21 Å². The molecule has 0 aliphatic heterocycles. The van der Waals surface area contributed by atoms with Crippen molar-refractivity contribution in [3.05, 3.63) is 70.3 Å². The van der Waals surface area contributed by atoms with E-state index in [0.717, 1.165) is 60.2 Å². The van der Waals surface area contributed by atoms with Gasteiger partial charge in [0.2, 0.25) is 5.82 Å². The van der Waals surface area contributed by atoms with E-state index in [1.165, 1.54) is 0 Å². The second-order valence-corrected chi connectivity index (χ2v) is 12.1. The van der Waals surface area contributed by atoms with Gasteiger partial charge in [-0.15, -0.1) is 15.3 Å². The molecule has 1 aliphatic rings. The number of H-pyrrole nitrogens is 2. The Morgan fingerprint density at radius 3 is 2.43 bits per heavy atom. The van der Waals surface area contributed by atoms with Gasteiger partial charge in [0.25, 0.3) is 11.4 Å². The van der Waals surface area contributed by atoms with Crippen LogP contribution >= 0.6 is 0 Å². The van der Waals surface area contributed by atoms with Crippen LogP contribution < -0.4 is 10.3 Å². The fourth-order valence-electron chi connectivity index (χ4n) is 5.63. The molecule has 1 fully saturated rings. The van der Waals surface area contributed by atoms with E-state index >= 15 is 0 Å². The molecule has 3 aromatic heterocycles. The normalized spacial score (nSPS) is 14.4. The van der Waals surface area contributed by atoms with Crippen LogP contribution in [0.15, 0.2) is 53.3 Å². The van der Waals surface area contributed by atoms with Crippen molar-refractivity contribution in [3.63, 3.8) is 0 Å². The molecule has 0 saturated heterocycles. The standard InChI is InChI=1S/C31H34N8O3/c1-31(2,3)17-24-32-25-26(28(40)35-36-29(25)42-30(41)21-9-5-4-6-10-21)39(24)18-19-13-15-20(16-14-19)22-11-7-8-12-23(22)27-33-37-38-34-27/h7-8,11-16,21H,4-6,9-10,17-18H2,1-3H3,(H,35,40)(H,33,34,37,38). The highest BCUT2D eigenvalue weighted by atomic mass is 16.5. The monoisotopic (exact) mass is 566 g/mol. The maximum Gasteiger partial charge on any atom is 0.315 e. The Morgan fingerprint density at radius 1 is 1.00 bits per heavy atom. The highest BCUT2D eigenvalue weighted by molar-refractivity contribution is 5.84. The van der Waals surface area contributed by atoms with Gasteiger partial charge in [0, 0.05) is 18.5 Å². The summed E-state index contributed by atoms with van der Waals surface area (Å²) < 4.78 is 7.68. The number of rotatable bonds is 7. The number of hydrogen-bond acceptors (Lipinski definition) is 8. The highest BCUT2D eigenvalue weighted by Crippen LogP contribution is 2.32. The largest absolute Gasteiger partial charge is 0.403 e. The summed E-state index contributed by atoms with van der Waals surface area (Å²) in [6, 6.07) is 16.1. The van der Waals surface area contributed by atoms with Crippen LogP contribution in [0.25, 0.3) is 33.5 Å². The molecule has 2 aromatic carbocycles. The lowest BCUT2D eigenvalue weighted by Crippen LogP contribution is -2.24. The molecule has 2 N–H and O–H groups in total. The molecule has 0 spiro atoms. The van der Waals surface area contributed by atoms with E-state index in [2.05, 4.69) is 51.6 Å². The van der Waals surface area contributed by atoms with Gasteiger partial charge in [-0.05, 0) is 40.2 Å². The molecule has 0 atom stereocenters. The zero-order chi connectivity index (χ0) is 29.3. The van der Waals surface area contributed by atoms with E-state index in [-0.39, 0.29) is 28.7 Å². The maximum absolute atomic E-state index is 13.2. The predicted octanol–water partition coefficient (Wildman–Crippen LogP) is 5.09. The lowest BCUT2D eigenvalue weighted by molar-refractivity contribution is -0.140. The predicted molar refractivity (Wildman–Crippen MR) is 158 cm³/mol. The zero-order valence-corrected chi connectivity index (χ0v) is 24.1. The average molecular weight is 567 g/mol. The van der Waals surface area contributed by atoms with Crippen molar-refractivity contribution >= 4 is 17.0 Å². The highest BCUT2D eigenvalue weighted by Gasteiger charge is 2.27. The van der Waals surface area contributed by atoms with E-state index < -0.39 is 0 Å². The molecule has 0 radical (unpaired) electrons. The quantitative estimate of drug-likeness (QED) is 0.259. The fourth-order valence-corrected chi connectivity index (χ4v) is 5.63. The SMILES string of the molecule is CC(C)(C)Cc1nc2c(OC(=O)C3CCCCC3)n[nH]c(=O)c2n1Cc1ccc(-c2ccccc2-c2nn[nH]n2)cc1. The fraction of sp³-hybridized carbons (Fsp3) is 0.387. The van der Waals surface area contributed by atoms with Crippen LogP contribution in [-0.4, -0.2) is 46.3 Å². The van der Waals surface area contributed by atoms with Crippen LogP contribution in [0.5, 0.6) is 5.88 Å². The zero-order valence-electron chi connectivity index (χ0n) is 24.1. The Balaban J connectivity index is 1.35. The van der Waals surface area contributed by atoms with Gasteiger partial charge in [0.1, 0.15) is 11.3 Å². The van der Waals surface area contributed by atoms with E-state index in [4.69, 9.17) is 9.72 Å². The summed E-state index contributed by atoms with van der Waals surface area (Å²) in [6.45, 7) is 6.79. The lowest BCUT2D eigenvalue weighted by atomic mass is 9.89. The molecule has 216 valence electrons. The summed E-state index contributed by atoms with van der Waals surface area (Å²) in [5.74, 6) is 0.862. The topological polar surface area (TPSA) is 144 Å². The number of carbonyl (C=O) groups is 1. The third-order valence-corrected chi connectivity index (χ3v) is 7.67. The first-order chi connectivity index (χ1) is 20.3. The smallest absolute Gasteiger partial charge is 0.315 e. The minimum atomic E-state index is -0.374. The Labute approximate surface area is 242 Å². The van der Waals surface area contributed by atoms with Crippen LogP contribution in [0.2, 0.25) is 0 Å². The van der Waals surface area contributed by atoms with Crippen LogP contribution in [0, 0.1) is 11.3 Å². The molecule has 0 unspecified atom stereocenters. The Kier molecular flexibility index (Phi) is 7.40. The van der Waals surface area contributed by atoms with Gasteiger partial charge < -0.3 is 9.30 Å². The molecule has 1 saturated carbocycles. The third kappa shape index (κ3) is 5.72. The number of nitrogens with zero attached hydrogens (tertiary/aromatic N) is 6. The van der Waals surface area contributed by atoms with Crippen LogP contribution in [0.1, 0.15) is 64.3 Å². The van der Waals surface area contributed by atoms with Crippen LogP contribution in [0.4, 0.5) is 0 Å². The number of aromatic amines is 2. The van der Waals surface area contributed by atoms with Crippen molar-refractivity contribution in [2.45, 2.75) is 65.8 Å². The second kappa shape index (κ2) is 11.3. The molecule has 0 amide bonds. The molecule has 42 heavy (non-hydrogen) atoms. The number of nitrogens with one attached hydrogen (secondary N) is 2. The van der Waals surface area contributed by atoms with E-state index in [1.807, 2.05) is 53.1 Å². The molecule has 0 bridgehead atoms. The average Bonchev–Trinajstić information content (AvgIpc) is 3.64. The van der Waals surface area contributed by atoms with E-state index in [0.29, 0.717) is 29.8 Å². The number of benzene rings is 2. The molecule has 1 aliphatic carbocycles. The Hall–Kier alpha value is -4.67. The summed E-state index contributed by atoms with van der Waals surface area (Å²) in [6.07, 6.45) is 5.40. The van der Waals surface area contributed by atoms with Gasteiger partial charge in [0.15, 0.2) is 5.52 Å². The van der Waals surface area contributed by atoms with Crippen LogP contribution in [-0.2, 0) is 17.8 Å². The first-order valence-electron chi connectivity index (χ1n) is 14.4. The summed E-state index contributed by atoms with van der Waals surface area (Å²) in [5.41, 5.74) is 4.04. The molecule has 6 rings (SSSR count). The van der Waals surface area contributed by atoms with Gasteiger partial charge in [-0.3, -0.25) is 9.59 Å². The molecule has 3 heterocycles. The summed E-state index contributed by atoms with van der Waals surface area (Å²) in [5, 5.41) is 21.1. The van der Waals surface area contributed by atoms with Crippen molar-refractivity contribution in [2.24, 2.45) is 11.3 Å². The van der Waals surface area contributed by atoms with Crippen molar-refractivity contribution in [1.82, 2.24) is 40.4 Å². The summed E-state index contributed by atoms with van der Waals surface area (Å²) >= 11 is 0. The first kappa shape index (κ1) is 27.5. The van der Waals surface area contributed by atoms with Gasteiger partial charge in [-0.25, -0.2) is 10.1 Å². The van der Waals surface area contributed by atoms with Crippen molar-refractivity contribution in [3.8, 4) is 28.4 Å². The number of esters is 1. The van der Waals surface area contributed by atoms with Gasteiger partial charge in [0.05, 0.1) is 5.92 Å². The van der Waals surface area contributed by atoms with Crippen LogP contribution in [0.3, 0.4) is 0 Å². The summed E-state index contributed by atoms with van der Waals surface area (Å²) in [4.78, 5) is 31.0. The number of ether oxygens (including phenoxy) is 1. The van der Waals surface area contributed by atoms with Crippen molar-refractivity contribution < 1.29 is 9.53 Å². The minimum Gasteiger partial charge on any atom is -0.403 e. The number of aromatic nitrogens is 8. The molecule has 5 aromatic rings. The third-order valence-electron chi connectivity index (χ3n) is 7.67. The number of fused-ring (bicyclic) bond motifs is 1. The summed E-state index contributed by atoms with van der Waals surface area (Å²) in [7, 11) is 0. The Bertz CT molecular complexity index is 1760. The molecule has 11 nitrogen and oxygen atoms in total.